The third kappa shape index (κ3) is 5.16. The van der Waals surface area contributed by atoms with Gasteiger partial charge in [0.2, 0.25) is 0 Å². The Hall–Kier alpha value is -1.59. The Balaban J connectivity index is 0.00000289. The number of hydrogen-bond acceptors (Lipinski definition) is 3. The molecule has 4 N–H and O–H groups in total. The van der Waals surface area contributed by atoms with E-state index in [1.807, 2.05) is 0 Å². The van der Waals surface area contributed by atoms with Gasteiger partial charge in [-0.15, -0.1) is 12.4 Å². The zero-order chi connectivity index (χ0) is 12.8. The molecule has 1 atom stereocenters. The lowest BCUT2D eigenvalue weighted by atomic mass is 10.0. The van der Waals surface area contributed by atoms with E-state index in [2.05, 4.69) is 0 Å². The zero-order valence-corrected chi connectivity index (χ0v) is 10.5. The minimum atomic E-state index is -0.994. The molecule has 0 spiro atoms. The van der Waals surface area contributed by atoms with Crippen LogP contribution in [0, 0.1) is 0 Å². The predicted octanol–water partition coefficient (Wildman–Crippen LogP) is 1.54. The maximum Gasteiger partial charge on any atom is 0.335 e. The summed E-state index contributed by atoms with van der Waals surface area (Å²) in [6, 6.07) is 5.71. The van der Waals surface area contributed by atoms with Crippen LogP contribution in [-0.2, 0) is 11.2 Å². The maximum atomic E-state index is 10.6. The number of aliphatic carboxylic acids is 1. The number of benzene rings is 1. The highest BCUT2D eigenvalue weighted by atomic mass is 35.5. The Labute approximate surface area is 111 Å². The van der Waals surface area contributed by atoms with Crippen molar-refractivity contribution in [2.24, 2.45) is 5.73 Å². The molecule has 0 aliphatic heterocycles. The standard InChI is InChI=1S/C12H15NO4.ClH/c13-10(12(16)17)3-1-2-8-4-6-9(7-5-8)11(14)15;/h4-7,10H,1-3,13H2,(H,14,15)(H,16,17);1H. The third-order valence-corrected chi connectivity index (χ3v) is 2.50. The lowest BCUT2D eigenvalue weighted by Crippen LogP contribution is -2.29. The van der Waals surface area contributed by atoms with Gasteiger partial charge in [-0.2, -0.15) is 0 Å². The number of nitrogens with two attached hydrogens (primary N) is 1. The smallest absolute Gasteiger partial charge is 0.335 e. The minimum Gasteiger partial charge on any atom is -0.480 e. The highest BCUT2D eigenvalue weighted by molar-refractivity contribution is 5.87. The first-order chi connectivity index (χ1) is 8.00. The monoisotopic (exact) mass is 273 g/mol. The largest absolute Gasteiger partial charge is 0.480 e. The van der Waals surface area contributed by atoms with Crippen molar-refractivity contribution in [1.29, 1.82) is 0 Å². The fraction of sp³-hybridized carbons (Fsp3) is 0.333. The summed E-state index contributed by atoms with van der Waals surface area (Å²) in [6.07, 6.45) is 1.77. The molecule has 0 amide bonds. The van der Waals surface area contributed by atoms with Crippen molar-refractivity contribution in [3.05, 3.63) is 35.4 Å². The zero-order valence-electron chi connectivity index (χ0n) is 9.70. The Kier molecular flexibility index (Phi) is 7.00. The number of halogens is 1. The Morgan fingerprint density at radius 2 is 1.72 bits per heavy atom. The summed E-state index contributed by atoms with van der Waals surface area (Å²) in [5.41, 5.74) is 6.59. The van der Waals surface area contributed by atoms with Gasteiger partial charge in [0.25, 0.3) is 0 Å². The van der Waals surface area contributed by atoms with Crippen LogP contribution in [-0.4, -0.2) is 28.2 Å². The summed E-state index contributed by atoms with van der Waals surface area (Å²) in [6.45, 7) is 0. The van der Waals surface area contributed by atoms with Gasteiger partial charge < -0.3 is 15.9 Å². The van der Waals surface area contributed by atoms with Crippen LogP contribution in [0.2, 0.25) is 0 Å². The van der Waals surface area contributed by atoms with E-state index in [4.69, 9.17) is 15.9 Å². The second-order valence-corrected chi connectivity index (χ2v) is 3.84. The van der Waals surface area contributed by atoms with Gasteiger partial charge in [-0.3, -0.25) is 4.79 Å². The molecule has 5 nitrogen and oxygen atoms in total. The van der Waals surface area contributed by atoms with Gasteiger partial charge in [0.05, 0.1) is 5.56 Å². The molecule has 0 heterocycles. The molecule has 0 aliphatic rings. The summed E-state index contributed by atoms with van der Waals surface area (Å²) in [5, 5.41) is 17.3. The van der Waals surface area contributed by atoms with Crippen molar-refractivity contribution in [1.82, 2.24) is 0 Å². The topological polar surface area (TPSA) is 101 Å². The molecule has 0 aromatic heterocycles. The first-order valence-corrected chi connectivity index (χ1v) is 5.31. The van der Waals surface area contributed by atoms with Crippen LogP contribution in [0.5, 0.6) is 0 Å². The van der Waals surface area contributed by atoms with E-state index < -0.39 is 18.0 Å². The van der Waals surface area contributed by atoms with Crippen LogP contribution < -0.4 is 5.73 Å². The molecule has 1 rings (SSSR count). The van der Waals surface area contributed by atoms with E-state index >= 15 is 0 Å². The van der Waals surface area contributed by atoms with E-state index in [1.54, 1.807) is 12.1 Å². The fourth-order valence-corrected chi connectivity index (χ4v) is 1.46. The normalized spacial score (nSPS) is 11.4. The number of carboxylic acid groups (broad SMARTS) is 2. The predicted molar refractivity (Wildman–Crippen MR) is 69.2 cm³/mol. The SMILES string of the molecule is Cl.NC(CCCc1ccc(C(=O)O)cc1)C(=O)O. The number of aromatic carboxylic acids is 1. The van der Waals surface area contributed by atoms with Gasteiger partial charge in [-0.1, -0.05) is 12.1 Å². The van der Waals surface area contributed by atoms with E-state index in [9.17, 15) is 9.59 Å². The maximum absolute atomic E-state index is 10.6. The average molecular weight is 274 g/mol. The minimum absolute atomic E-state index is 0. The van der Waals surface area contributed by atoms with Crippen LogP contribution in [0.4, 0.5) is 0 Å². The molecule has 18 heavy (non-hydrogen) atoms. The highest BCUT2D eigenvalue weighted by Crippen LogP contribution is 2.08. The van der Waals surface area contributed by atoms with Crippen molar-refractivity contribution in [3.8, 4) is 0 Å². The van der Waals surface area contributed by atoms with E-state index in [1.165, 1.54) is 12.1 Å². The third-order valence-electron chi connectivity index (χ3n) is 2.50. The van der Waals surface area contributed by atoms with Gasteiger partial charge in [0.1, 0.15) is 6.04 Å². The Morgan fingerprint density at radius 1 is 1.17 bits per heavy atom. The summed E-state index contributed by atoms with van der Waals surface area (Å²) >= 11 is 0. The molecule has 1 unspecified atom stereocenters. The summed E-state index contributed by atoms with van der Waals surface area (Å²) in [7, 11) is 0. The molecule has 0 saturated carbocycles. The van der Waals surface area contributed by atoms with E-state index in [0.717, 1.165) is 5.56 Å². The molecule has 0 bridgehead atoms. The molecule has 0 radical (unpaired) electrons. The molecule has 0 saturated heterocycles. The van der Waals surface area contributed by atoms with Crippen LogP contribution >= 0.6 is 12.4 Å². The van der Waals surface area contributed by atoms with Crippen molar-refractivity contribution < 1.29 is 19.8 Å². The molecule has 1 aromatic rings. The van der Waals surface area contributed by atoms with Crippen LogP contribution in [0.25, 0.3) is 0 Å². The van der Waals surface area contributed by atoms with Gasteiger partial charge in [0, 0.05) is 0 Å². The first kappa shape index (κ1) is 16.4. The molecule has 0 fully saturated rings. The van der Waals surface area contributed by atoms with Crippen molar-refractivity contribution >= 4 is 24.3 Å². The van der Waals surface area contributed by atoms with E-state index in [0.29, 0.717) is 19.3 Å². The summed E-state index contributed by atoms with van der Waals surface area (Å²) in [5.74, 6) is -1.95. The number of rotatable bonds is 6. The lowest BCUT2D eigenvalue weighted by molar-refractivity contribution is -0.138. The molecule has 100 valence electrons. The van der Waals surface area contributed by atoms with Crippen LogP contribution in [0.1, 0.15) is 28.8 Å². The number of carbonyl (C=O) groups is 2. The van der Waals surface area contributed by atoms with Crippen LogP contribution in [0.3, 0.4) is 0 Å². The number of hydrogen-bond donors (Lipinski definition) is 3. The molecule has 0 aliphatic carbocycles. The fourth-order valence-electron chi connectivity index (χ4n) is 1.46. The van der Waals surface area contributed by atoms with Crippen molar-refractivity contribution in [2.45, 2.75) is 25.3 Å². The van der Waals surface area contributed by atoms with E-state index in [-0.39, 0.29) is 18.0 Å². The van der Waals surface area contributed by atoms with Gasteiger partial charge >= 0.3 is 11.9 Å². The quantitative estimate of drug-likeness (QED) is 0.730. The Bertz CT molecular complexity index is 405. The lowest BCUT2D eigenvalue weighted by Gasteiger charge is -2.06. The summed E-state index contributed by atoms with van der Waals surface area (Å²) < 4.78 is 0. The van der Waals surface area contributed by atoms with Gasteiger partial charge in [0.15, 0.2) is 0 Å². The second-order valence-electron chi connectivity index (χ2n) is 3.84. The number of aryl methyl sites for hydroxylation is 1. The molecular formula is C12H16ClNO4. The summed E-state index contributed by atoms with van der Waals surface area (Å²) in [4.78, 5) is 21.1. The van der Waals surface area contributed by atoms with Crippen molar-refractivity contribution in [3.63, 3.8) is 0 Å². The second kappa shape index (κ2) is 7.68. The molecule has 6 heteroatoms. The van der Waals surface area contributed by atoms with Gasteiger partial charge in [-0.05, 0) is 37.0 Å². The van der Waals surface area contributed by atoms with Crippen LogP contribution in [0.15, 0.2) is 24.3 Å². The first-order valence-electron chi connectivity index (χ1n) is 5.31. The van der Waals surface area contributed by atoms with Gasteiger partial charge in [-0.25, -0.2) is 4.79 Å². The number of carboxylic acids is 2. The molecular weight excluding hydrogens is 258 g/mol. The average Bonchev–Trinajstić information content (AvgIpc) is 2.29. The molecule has 1 aromatic carbocycles. The van der Waals surface area contributed by atoms with Crippen molar-refractivity contribution in [2.75, 3.05) is 0 Å². The Morgan fingerprint density at radius 3 is 2.17 bits per heavy atom. The highest BCUT2D eigenvalue weighted by Gasteiger charge is 2.10.